The second-order valence-electron chi connectivity index (χ2n) is 6.81. The van der Waals surface area contributed by atoms with Crippen LogP contribution in [0.15, 0.2) is 36.4 Å². The van der Waals surface area contributed by atoms with E-state index < -0.39 is 23.4 Å². The highest BCUT2D eigenvalue weighted by molar-refractivity contribution is 5.92. The zero-order valence-electron chi connectivity index (χ0n) is 15.1. The van der Waals surface area contributed by atoms with Gasteiger partial charge in [0.1, 0.15) is 0 Å². The molecule has 4 nitrogen and oxygen atoms in total. The van der Waals surface area contributed by atoms with Crippen molar-refractivity contribution < 1.29 is 18.0 Å². The van der Waals surface area contributed by atoms with Crippen LogP contribution in [0.3, 0.4) is 0 Å². The molecular weight excluding hydrogens is 355 g/mol. The van der Waals surface area contributed by atoms with Crippen molar-refractivity contribution in [3.8, 4) is 0 Å². The van der Waals surface area contributed by atoms with Crippen LogP contribution in [-0.4, -0.2) is 48.4 Å². The van der Waals surface area contributed by atoms with Gasteiger partial charge in [0.2, 0.25) is 5.91 Å². The summed E-state index contributed by atoms with van der Waals surface area (Å²) in [6.45, 7) is 6.06. The second kappa shape index (κ2) is 8.54. The fraction of sp³-hybridized carbons (Fsp3) is 0.350. The third-order valence-electron chi connectivity index (χ3n) is 4.63. The lowest BCUT2D eigenvalue weighted by atomic mass is 10.1. The molecule has 0 unspecified atom stereocenters. The molecule has 0 radical (unpaired) electrons. The van der Waals surface area contributed by atoms with E-state index in [0.29, 0.717) is 13.1 Å². The summed E-state index contributed by atoms with van der Waals surface area (Å²) in [4.78, 5) is 16.4. The minimum atomic E-state index is -1.59. The first-order chi connectivity index (χ1) is 12.9. The number of aryl methyl sites for hydroxylation is 1. The maximum Gasteiger partial charge on any atom is 0.238 e. The lowest BCUT2D eigenvalue weighted by molar-refractivity contribution is -0.117. The van der Waals surface area contributed by atoms with Crippen LogP contribution in [0.1, 0.15) is 11.1 Å². The molecule has 3 rings (SSSR count). The van der Waals surface area contributed by atoms with Crippen molar-refractivity contribution in [2.75, 3.05) is 38.0 Å². The molecule has 0 aliphatic carbocycles. The number of anilines is 1. The second-order valence-corrected chi connectivity index (χ2v) is 6.81. The Morgan fingerprint density at radius 1 is 1.00 bits per heavy atom. The smallest absolute Gasteiger partial charge is 0.238 e. The fourth-order valence-corrected chi connectivity index (χ4v) is 3.19. The number of amides is 1. The lowest BCUT2D eigenvalue weighted by Crippen LogP contribution is -2.48. The predicted octanol–water partition coefficient (Wildman–Crippen LogP) is 3.17. The SMILES string of the molecule is Cc1cccc(CN2CCN(CC(=O)Nc3ccc(F)c(F)c3F)CC2)c1. The predicted molar refractivity (Wildman–Crippen MR) is 97.8 cm³/mol. The van der Waals surface area contributed by atoms with Gasteiger partial charge in [0.05, 0.1) is 12.2 Å². The van der Waals surface area contributed by atoms with Crippen molar-refractivity contribution in [2.24, 2.45) is 0 Å². The number of carbonyl (C=O) groups is 1. The highest BCUT2D eigenvalue weighted by Crippen LogP contribution is 2.19. The molecule has 1 aliphatic rings. The Hall–Kier alpha value is -2.38. The van der Waals surface area contributed by atoms with E-state index in [0.717, 1.165) is 31.8 Å². The molecule has 1 heterocycles. The summed E-state index contributed by atoms with van der Waals surface area (Å²) >= 11 is 0. The van der Waals surface area contributed by atoms with Gasteiger partial charge in [-0.1, -0.05) is 29.8 Å². The Morgan fingerprint density at radius 2 is 1.70 bits per heavy atom. The van der Waals surface area contributed by atoms with Gasteiger partial charge < -0.3 is 5.32 Å². The summed E-state index contributed by atoms with van der Waals surface area (Å²) in [7, 11) is 0. The van der Waals surface area contributed by atoms with Crippen LogP contribution in [0.25, 0.3) is 0 Å². The minimum absolute atomic E-state index is 0.0801. The van der Waals surface area contributed by atoms with Gasteiger partial charge in [-0.2, -0.15) is 0 Å². The fourth-order valence-electron chi connectivity index (χ4n) is 3.19. The van der Waals surface area contributed by atoms with Crippen LogP contribution >= 0.6 is 0 Å². The molecule has 27 heavy (non-hydrogen) atoms. The minimum Gasteiger partial charge on any atom is -0.322 e. The Morgan fingerprint density at radius 3 is 2.41 bits per heavy atom. The summed E-state index contributed by atoms with van der Waals surface area (Å²) in [6.07, 6.45) is 0. The van der Waals surface area contributed by atoms with Crippen molar-refractivity contribution in [1.82, 2.24) is 9.80 Å². The molecule has 1 fully saturated rings. The van der Waals surface area contributed by atoms with Crippen LogP contribution in [0.5, 0.6) is 0 Å². The van der Waals surface area contributed by atoms with E-state index in [1.54, 1.807) is 0 Å². The van der Waals surface area contributed by atoms with Gasteiger partial charge >= 0.3 is 0 Å². The Labute approximate surface area is 156 Å². The molecule has 0 saturated carbocycles. The quantitative estimate of drug-likeness (QED) is 0.813. The molecule has 0 spiro atoms. The summed E-state index contributed by atoms with van der Waals surface area (Å²) in [6, 6.07) is 10.2. The van der Waals surface area contributed by atoms with Crippen molar-refractivity contribution in [3.05, 3.63) is 65.0 Å². The maximum absolute atomic E-state index is 13.6. The van der Waals surface area contributed by atoms with Gasteiger partial charge in [0.25, 0.3) is 0 Å². The van der Waals surface area contributed by atoms with Gasteiger partial charge in [-0.3, -0.25) is 14.6 Å². The number of benzene rings is 2. The number of piperazine rings is 1. The molecule has 2 aromatic rings. The molecule has 7 heteroatoms. The topological polar surface area (TPSA) is 35.6 Å². The molecule has 1 N–H and O–H groups in total. The number of carbonyl (C=O) groups excluding carboxylic acids is 1. The molecule has 1 aliphatic heterocycles. The van der Waals surface area contributed by atoms with Crippen molar-refractivity contribution in [1.29, 1.82) is 0 Å². The summed E-state index contributed by atoms with van der Waals surface area (Å²) in [5, 5.41) is 2.31. The number of rotatable bonds is 5. The highest BCUT2D eigenvalue weighted by atomic mass is 19.2. The van der Waals surface area contributed by atoms with Crippen molar-refractivity contribution >= 4 is 11.6 Å². The van der Waals surface area contributed by atoms with Gasteiger partial charge in [0.15, 0.2) is 17.5 Å². The molecule has 1 saturated heterocycles. The third-order valence-corrected chi connectivity index (χ3v) is 4.63. The van der Waals surface area contributed by atoms with E-state index in [2.05, 4.69) is 35.3 Å². The van der Waals surface area contributed by atoms with E-state index in [-0.39, 0.29) is 12.2 Å². The first kappa shape index (κ1) is 19.4. The van der Waals surface area contributed by atoms with Crippen LogP contribution < -0.4 is 5.32 Å². The van der Waals surface area contributed by atoms with Crippen LogP contribution in [0.2, 0.25) is 0 Å². The van der Waals surface area contributed by atoms with E-state index in [9.17, 15) is 18.0 Å². The van der Waals surface area contributed by atoms with Crippen molar-refractivity contribution in [2.45, 2.75) is 13.5 Å². The van der Waals surface area contributed by atoms with Gasteiger partial charge in [-0.15, -0.1) is 0 Å². The Bertz CT molecular complexity index is 820. The van der Waals surface area contributed by atoms with Crippen LogP contribution in [0, 0.1) is 24.4 Å². The Kier molecular flexibility index (Phi) is 6.13. The van der Waals surface area contributed by atoms with Crippen molar-refractivity contribution in [3.63, 3.8) is 0 Å². The maximum atomic E-state index is 13.6. The Balaban J connectivity index is 1.47. The molecule has 2 aromatic carbocycles. The molecule has 1 amide bonds. The molecule has 0 aromatic heterocycles. The lowest BCUT2D eigenvalue weighted by Gasteiger charge is -2.34. The molecular formula is C20H22F3N3O. The summed E-state index contributed by atoms with van der Waals surface area (Å²) < 4.78 is 39.8. The normalized spacial score (nSPS) is 15.7. The first-order valence-electron chi connectivity index (χ1n) is 8.86. The molecule has 0 bridgehead atoms. The largest absolute Gasteiger partial charge is 0.322 e. The summed E-state index contributed by atoms with van der Waals surface area (Å²) in [5.41, 5.74) is 2.14. The standard InChI is InChI=1S/C20H22F3N3O/c1-14-3-2-4-15(11-14)12-25-7-9-26(10-8-25)13-18(27)24-17-6-5-16(21)19(22)20(17)23/h2-6,11H,7-10,12-13H2,1H3,(H,24,27). The van der Waals surface area contributed by atoms with E-state index in [4.69, 9.17) is 0 Å². The zero-order chi connectivity index (χ0) is 19.4. The number of hydrogen-bond acceptors (Lipinski definition) is 3. The molecule has 0 atom stereocenters. The van der Waals surface area contributed by atoms with E-state index >= 15 is 0 Å². The third kappa shape index (κ3) is 5.08. The zero-order valence-corrected chi connectivity index (χ0v) is 15.1. The number of hydrogen-bond donors (Lipinski definition) is 1. The number of halogens is 3. The van der Waals surface area contributed by atoms with Crippen LogP contribution in [0.4, 0.5) is 18.9 Å². The monoisotopic (exact) mass is 377 g/mol. The molecule has 144 valence electrons. The average Bonchev–Trinajstić information content (AvgIpc) is 2.64. The summed E-state index contributed by atoms with van der Waals surface area (Å²) in [5.74, 6) is -4.70. The van der Waals surface area contributed by atoms with Crippen LogP contribution in [-0.2, 0) is 11.3 Å². The first-order valence-corrected chi connectivity index (χ1v) is 8.86. The van der Waals surface area contributed by atoms with Gasteiger partial charge in [-0.05, 0) is 24.6 Å². The average molecular weight is 377 g/mol. The van der Waals surface area contributed by atoms with E-state index in [1.807, 2.05) is 11.0 Å². The van der Waals surface area contributed by atoms with E-state index in [1.165, 1.54) is 11.1 Å². The van der Waals surface area contributed by atoms with Gasteiger partial charge in [0, 0.05) is 32.7 Å². The van der Waals surface area contributed by atoms with Gasteiger partial charge in [-0.25, -0.2) is 13.2 Å². The number of nitrogens with zero attached hydrogens (tertiary/aromatic N) is 2. The highest BCUT2D eigenvalue weighted by Gasteiger charge is 2.20. The number of nitrogens with one attached hydrogen (secondary N) is 1.